The molecule has 1 N–H and O–H groups in total. The van der Waals surface area contributed by atoms with Crippen molar-refractivity contribution in [3.63, 3.8) is 0 Å². The molecule has 0 radical (unpaired) electrons. The maximum atomic E-state index is 14.6. The molecule has 3 aliphatic rings. The number of aromatic nitrogens is 3. The normalized spacial score (nSPS) is 28.2. The van der Waals surface area contributed by atoms with Gasteiger partial charge in [0.25, 0.3) is 0 Å². The Labute approximate surface area is 240 Å². The van der Waals surface area contributed by atoms with E-state index in [2.05, 4.69) is 23.5 Å². The van der Waals surface area contributed by atoms with E-state index in [9.17, 15) is 19.5 Å². The highest BCUT2D eigenvalue weighted by molar-refractivity contribution is 5.99. The van der Waals surface area contributed by atoms with E-state index in [1.54, 1.807) is 38.6 Å². The fourth-order valence-electron chi connectivity index (χ4n) is 7.14. The highest BCUT2D eigenvalue weighted by Gasteiger charge is 2.78. The van der Waals surface area contributed by atoms with Gasteiger partial charge in [-0.3, -0.25) is 14.4 Å². The molecule has 5 rings (SSSR count). The van der Waals surface area contributed by atoms with Crippen molar-refractivity contribution in [3.05, 3.63) is 49.6 Å². The van der Waals surface area contributed by atoms with Crippen molar-refractivity contribution in [2.24, 2.45) is 11.8 Å². The number of rotatable bonds is 13. The molecule has 3 saturated heterocycles. The Morgan fingerprint density at radius 1 is 1.15 bits per heavy atom. The molecule has 0 aliphatic carbocycles. The summed E-state index contributed by atoms with van der Waals surface area (Å²) in [5, 5.41) is 17.8. The summed E-state index contributed by atoms with van der Waals surface area (Å²) >= 11 is 0. The van der Waals surface area contributed by atoms with Gasteiger partial charge in [-0.1, -0.05) is 29.5 Å². The summed E-state index contributed by atoms with van der Waals surface area (Å²) in [5.41, 5.74) is -0.455. The van der Waals surface area contributed by atoms with Gasteiger partial charge in [-0.15, -0.1) is 18.3 Å². The Hall–Kier alpha value is -3.57. The topological polar surface area (TPSA) is 121 Å². The molecule has 41 heavy (non-hydrogen) atoms. The van der Waals surface area contributed by atoms with Crippen LogP contribution in [0.15, 0.2) is 49.6 Å². The standard InChI is InChI=1S/C30H40N6O5/c1-5-16-33(4)26(38)23-24-27(39)35(18-10-7-11-19-37)25(30(24)15-14-29(23,3)41-30)28(40)34(17-6-2)20-36-22-13-9-8-12-21(22)31-32-36/h5-6,8-9,12-13,23-25,37H,1-2,7,10-11,14-20H2,3-4H3/t23-,24+,25?,29+,30?/m1/s1. The molecule has 4 heterocycles. The zero-order valence-corrected chi connectivity index (χ0v) is 23.9. The van der Waals surface area contributed by atoms with Gasteiger partial charge in [0.05, 0.1) is 23.0 Å². The van der Waals surface area contributed by atoms with E-state index in [0.29, 0.717) is 45.2 Å². The summed E-state index contributed by atoms with van der Waals surface area (Å²) in [6.45, 7) is 10.6. The monoisotopic (exact) mass is 564 g/mol. The second-order valence-electron chi connectivity index (χ2n) is 11.6. The van der Waals surface area contributed by atoms with Crippen molar-refractivity contribution in [2.45, 2.75) is 62.9 Å². The predicted molar refractivity (Wildman–Crippen MR) is 152 cm³/mol. The number of unbranched alkanes of at least 4 members (excludes halogenated alkanes) is 2. The van der Waals surface area contributed by atoms with Gasteiger partial charge in [0.2, 0.25) is 17.7 Å². The fraction of sp³-hybridized carbons (Fsp3) is 0.567. The largest absolute Gasteiger partial charge is 0.396 e. The lowest BCUT2D eigenvalue weighted by molar-refractivity contribution is -0.154. The Kier molecular flexibility index (Phi) is 8.02. The van der Waals surface area contributed by atoms with Crippen LogP contribution in [0.5, 0.6) is 0 Å². The van der Waals surface area contributed by atoms with E-state index in [0.717, 1.165) is 11.0 Å². The van der Waals surface area contributed by atoms with Gasteiger partial charge in [0, 0.05) is 33.3 Å². The molecule has 11 nitrogen and oxygen atoms in total. The summed E-state index contributed by atoms with van der Waals surface area (Å²) in [6.07, 6.45) is 6.34. The van der Waals surface area contributed by atoms with Crippen LogP contribution in [0.1, 0.15) is 39.0 Å². The van der Waals surface area contributed by atoms with Crippen molar-refractivity contribution in [2.75, 3.05) is 33.3 Å². The SMILES string of the molecule is C=CCN(C)C(=O)[C@H]1[C@H]2C(=O)N(CCCCCO)C(C(=O)N(CC=C)Cn3nnc4ccccc43)C23CC[C@]1(C)O3. The molecule has 3 amide bonds. The minimum absolute atomic E-state index is 0.0650. The Bertz CT molecular complexity index is 1340. The molecule has 0 saturated carbocycles. The number of carbonyl (C=O) groups excluding carboxylic acids is 3. The fourth-order valence-corrected chi connectivity index (χ4v) is 7.14. The Morgan fingerprint density at radius 2 is 1.90 bits per heavy atom. The molecular weight excluding hydrogens is 524 g/mol. The second-order valence-corrected chi connectivity index (χ2v) is 11.6. The minimum atomic E-state index is -1.11. The van der Waals surface area contributed by atoms with Crippen LogP contribution in [0.4, 0.5) is 0 Å². The highest BCUT2D eigenvalue weighted by atomic mass is 16.5. The maximum Gasteiger partial charge on any atom is 0.250 e. The van der Waals surface area contributed by atoms with Gasteiger partial charge >= 0.3 is 0 Å². The number of para-hydroxylation sites is 1. The number of carbonyl (C=O) groups is 3. The van der Waals surface area contributed by atoms with E-state index in [-0.39, 0.29) is 37.5 Å². The van der Waals surface area contributed by atoms with Gasteiger partial charge in [0.1, 0.15) is 23.8 Å². The predicted octanol–water partition coefficient (Wildman–Crippen LogP) is 1.98. The number of hydrogen-bond acceptors (Lipinski definition) is 7. The van der Waals surface area contributed by atoms with Crippen LogP contribution >= 0.6 is 0 Å². The number of amides is 3. The first-order chi connectivity index (χ1) is 19.7. The number of hydrogen-bond donors (Lipinski definition) is 1. The van der Waals surface area contributed by atoms with E-state index >= 15 is 0 Å². The quantitative estimate of drug-likeness (QED) is 0.292. The molecule has 3 fully saturated rings. The van der Waals surface area contributed by atoms with Gasteiger partial charge < -0.3 is 24.5 Å². The molecule has 11 heteroatoms. The molecule has 5 atom stereocenters. The van der Waals surface area contributed by atoms with Crippen LogP contribution in [0.25, 0.3) is 11.0 Å². The molecule has 2 unspecified atom stereocenters. The number of benzene rings is 1. The van der Waals surface area contributed by atoms with Crippen LogP contribution in [0, 0.1) is 11.8 Å². The molecule has 220 valence electrons. The molecule has 3 aliphatic heterocycles. The number of likely N-dealkylation sites (N-methyl/N-ethyl adjacent to an activating group) is 1. The van der Waals surface area contributed by atoms with E-state index in [1.807, 2.05) is 31.2 Å². The Morgan fingerprint density at radius 3 is 2.63 bits per heavy atom. The van der Waals surface area contributed by atoms with Gasteiger partial charge in [-0.25, -0.2) is 4.68 Å². The lowest BCUT2D eigenvalue weighted by Gasteiger charge is -2.36. The van der Waals surface area contributed by atoms with Crippen LogP contribution in [0.2, 0.25) is 0 Å². The zero-order valence-electron chi connectivity index (χ0n) is 23.9. The van der Waals surface area contributed by atoms with Crippen LogP contribution in [-0.2, 0) is 25.8 Å². The maximum absolute atomic E-state index is 14.6. The third-order valence-corrected chi connectivity index (χ3v) is 9.00. The third-order valence-electron chi connectivity index (χ3n) is 9.00. The smallest absolute Gasteiger partial charge is 0.250 e. The molecule has 2 bridgehead atoms. The number of likely N-dealkylation sites (tertiary alicyclic amines) is 1. The summed E-state index contributed by atoms with van der Waals surface area (Å²) in [7, 11) is 1.70. The zero-order chi connectivity index (χ0) is 29.4. The number of aliphatic hydroxyl groups is 1. The van der Waals surface area contributed by atoms with E-state index < -0.39 is 29.1 Å². The van der Waals surface area contributed by atoms with E-state index in [4.69, 9.17) is 4.74 Å². The first-order valence-corrected chi connectivity index (χ1v) is 14.4. The molecule has 1 aromatic heterocycles. The van der Waals surface area contributed by atoms with Gasteiger partial charge in [-0.05, 0) is 51.2 Å². The first kappa shape index (κ1) is 28.9. The van der Waals surface area contributed by atoms with Crippen LogP contribution in [-0.4, -0.2) is 103 Å². The van der Waals surface area contributed by atoms with Crippen molar-refractivity contribution in [1.29, 1.82) is 0 Å². The number of nitrogens with zero attached hydrogens (tertiary/aromatic N) is 6. The first-order valence-electron chi connectivity index (χ1n) is 14.4. The number of ether oxygens (including phenoxy) is 1. The van der Waals surface area contributed by atoms with Gasteiger partial charge in [0.15, 0.2) is 0 Å². The van der Waals surface area contributed by atoms with Crippen LogP contribution in [0.3, 0.4) is 0 Å². The van der Waals surface area contributed by atoms with Crippen molar-refractivity contribution >= 4 is 28.8 Å². The minimum Gasteiger partial charge on any atom is -0.396 e. The molecular formula is C30H40N6O5. The highest BCUT2D eigenvalue weighted by Crippen LogP contribution is 2.63. The summed E-state index contributed by atoms with van der Waals surface area (Å²) in [4.78, 5) is 47.4. The van der Waals surface area contributed by atoms with Crippen LogP contribution < -0.4 is 0 Å². The molecule has 1 spiro atoms. The van der Waals surface area contributed by atoms with Crippen molar-refractivity contribution < 1.29 is 24.2 Å². The molecule has 1 aromatic carbocycles. The van der Waals surface area contributed by atoms with E-state index in [1.165, 1.54) is 0 Å². The Balaban J connectivity index is 1.52. The number of fused-ring (bicyclic) bond motifs is 2. The number of aliphatic hydroxyl groups excluding tert-OH is 1. The van der Waals surface area contributed by atoms with Gasteiger partial charge in [-0.2, -0.15) is 0 Å². The average Bonchev–Trinajstić information content (AvgIpc) is 3.66. The average molecular weight is 565 g/mol. The molecule has 2 aromatic rings. The third kappa shape index (κ3) is 4.74. The summed E-state index contributed by atoms with van der Waals surface area (Å²) in [6, 6.07) is 6.63. The second kappa shape index (κ2) is 11.4. The van der Waals surface area contributed by atoms with Crippen molar-refractivity contribution in [3.8, 4) is 0 Å². The lowest BCUT2D eigenvalue weighted by atomic mass is 9.66. The summed E-state index contributed by atoms with van der Waals surface area (Å²) in [5.74, 6) is -2.10. The van der Waals surface area contributed by atoms with Crippen molar-refractivity contribution in [1.82, 2.24) is 29.7 Å². The lowest BCUT2D eigenvalue weighted by Crippen LogP contribution is -2.56. The summed E-state index contributed by atoms with van der Waals surface area (Å²) < 4.78 is 8.41.